The number of hydrogen-bond donors (Lipinski definition) is 1. The third-order valence-electron chi connectivity index (χ3n) is 2.68. The SMILES string of the molecule is CCC(C)(CO)N1CC=CC1. The molecule has 64 valence electrons. The van der Waals surface area contributed by atoms with Crippen LogP contribution in [0.2, 0.25) is 0 Å². The number of nitrogens with zero attached hydrogens (tertiary/aromatic N) is 1. The molecule has 1 atom stereocenters. The summed E-state index contributed by atoms with van der Waals surface area (Å²) in [7, 11) is 0. The summed E-state index contributed by atoms with van der Waals surface area (Å²) in [6.07, 6.45) is 5.32. The molecule has 1 unspecified atom stereocenters. The van der Waals surface area contributed by atoms with Gasteiger partial charge in [0.25, 0.3) is 0 Å². The Balaban J connectivity index is 2.54. The first-order valence-corrected chi connectivity index (χ1v) is 4.24. The molecule has 2 nitrogen and oxygen atoms in total. The average Bonchev–Trinajstić information content (AvgIpc) is 2.55. The predicted octanol–water partition coefficient (Wildman–Crippen LogP) is 1.02. The van der Waals surface area contributed by atoms with Gasteiger partial charge in [0.2, 0.25) is 0 Å². The minimum atomic E-state index is -0.0104. The van der Waals surface area contributed by atoms with Crippen molar-refractivity contribution < 1.29 is 5.11 Å². The van der Waals surface area contributed by atoms with Gasteiger partial charge >= 0.3 is 0 Å². The zero-order chi connectivity index (χ0) is 8.32. The van der Waals surface area contributed by atoms with Crippen LogP contribution in [0.4, 0.5) is 0 Å². The second-order valence-corrected chi connectivity index (χ2v) is 3.38. The highest BCUT2D eigenvalue weighted by atomic mass is 16.3. The first-order valence-electron chi connectivity index (χ1n) is 4.24. The predicted molar refractivity (Wildman–Crippen MR) is 46.5 cm³/mol. The molecule has 1 aliphatic heterocycles. The van der Waals surface area contributed by atoms with Crippen molar-refractivity contribution in [2.75, 3.05) is 19.7 Å². The van der Waals surface area contributed by atoms with E-state index in [-0.39, 0.29) is 12.1 Å². The Morgan fingerprint density at radius 1 is 1.45 bits per heavy atom. The Morgan fingerprint density at radius 3 is 2.36 bits per heavy atom. The second kappa shape index (κ2) is 3.37. The van der Waals surface area contributed by atoms with Gasteiger partial charge in [0.05, 0.1) is 6.61 Å². The van der Waals surface area contributed by atoms with E-state index in [1.807, 2.05) is 0 Å². The van der Waals surface area contributed by atoms with Crippen molar-refractivity contribution in [1.82, 2.24) is 4.90 Å². The van der Waals surface area contributed by atoms with E-state index in [0.29, 0.717) is 0 Å². The van der Waals surface area contributed by atoms with E-state index in [9.17, 15) is 5.11 Å². The van der Waals surface area contributed by atoms with E-state index in [0.717, 1.165) is 19.5 Å². The molecule has 1 aliphatic rings. The van der Waals surface area contributed by atoms with Gasteiger partial charge in [-0.1, -0.05) is 19.1 Å². The van der Waals surface area contributed by atoms with Gasteiger partial charge in [-0.2, -0.15) is 0 Å². The van der Waals surface area contributed by atoms with Gasteiger partial charge < -0.3 is 5.11 Å². The highest BCUT2D eigenvalue weighted by molar-refractivity contribution is 5.01. The van der Waals surface area contributed by atoms with Gasteiger partial charge in [-0.15, -0.1) is 0 Å². The van der Waals surface area contributed by atoms with E-state index in [1.165, 1.54) is 0 Å². The molecule has 0 radical (unpaired) electrons. The summed E-state index contributed by atoms with van der Waals surface area (Å²) in [6, 6.07) is 0. The van der Waals surface area contributed by atoms with Crippen molar-refractivity contribution in [2.45, 2.75) is 25.8 Å². The highest BCUT2D eigenvalue weighted by Crippen LogP contribution is 2.20. The van der Waals surface area contributed by atoms with E-state index in [4.69, 9.17) is 0 Å². The summed E-state index contributed by atoms with van der Waals surface area (Å²) >= 11 is 0. The van der Waals surface area contributed by atoms with E-state index >= 15 is 0 Å². The van der Waals surface area contributed by atoms with Crippen molar-refractivity contribution in [1.29, 1.82) is 0 Å². The highest BCUT2D eigenvalue weighted by Gasteiger charge is 2.29. The fourth-order valence-electron chi connectivity index (χ4n) is 1.35. The monoisotopic (exact) mass is 155 g/mol. The fourth-order valence-corrected chi connectivity index (χ4v) is 1.35. The van der Waals surface area contributed by atoms with Crippen LogP contribution in [0.25, 0.3) is 0 Å². The zero-order valence-corrected chi connectivity index (χ0v) is 7.38. The lowest BCUT2D eigenvalue weighted by Gasteiger charge is -2.36. The molecule has 0 fully saturated rings. The largest absolute Gasteiger partial charge is 0.394 e. The quantitative estimate of drug-likeness (QED) is 0.615. The van der Waals surface area contributed by atoms with Crippen LogP contribution in [0.15, 0.2) is 12.2 Å². The summed E-state index contributed by atoms with van der Waals surface area (Å²) in [6.45, 7) is 6.47. The first-order chi connectivity index (χ1) is 5.23. The maximum atomic E-state index is 9.18. The van der Waals surface area contributed by atoms with E-state index in [2.05, 4.69) is 30.9 Å². The normalized spacial score (nSPS) is 23.9. The van der Waals surface area contributed by atoms with Crippen LogP contribution in [0.1, 0.15) is 20.3 Å². The van der Waals surface area contributed by atoms with Gasteiger partial charge in [0.1, 0.15) is 0 Å². The minimum Gasteiger partial charge on any atom is -0.394 e. The van der Waals surface area contributed by atoms with Crippen molar-refractivity contribution in [3.63, 3.8) is 0 Å². The molecule has 1 N–H and O–H groups in total. The molecule has 0 aromatic heterocycles. The Kier molecular flexibility index (Phi) is 2.68. The lowest BCUT2D eigenvalue weighted by molar-refractivity contribution is 0.0632. The molecule has 0 saturated carbocycles. The fraction of sp³-hybridized carbons (Fsp3) is 0.778. The van der Waals surface area contributed by atoms with Crippen LogP contribution in [-0.2, 0) is 0 Å². The van der Waals surface area contributed by atoms with Crippen molar-refractivity contribution in [3.8, 4) is 0 Å². The van der Waals surface area contributed by atoms with Crippen LogP contribution < -0.4 is 0 Å². The molecule has 0 saturated heterocycles. The van der Waals surface area contributed by atoms with Crippen LogP contribution >= 0.6 is 0 Å². The second-order valence-electron chi connectivity index (χ2n) is 3.38. The topological polar surface area (TPSA) is 23.5 Å². The smallest absolute Gasteiger partial charge is 0.0612 e. The van der Waals surface area contributed by atoms with Crippen molar-refractivity contribution in [3.05, 3.63) is 12.2 Å². The molecule has 0 aliphatic carbocycles. The molecule has 1 heterocycles. The summed E-state index contributed by atoms with van der Waals surface area (Å²) in [5, 5.41) is 9.18. The average molecular weight is 155 g/mol. The maximum absolute atomic E-state index is 9.18. The lowest BCUT2D eigenvalue weighted by Crippen LogP contribution is -2.47. The van der Waals surface area contributed by atoms with Gasteiger partial charge in [-0.05, 0) is 13.3 Å². The molecule has 0 amide bonds. The van der Waals surface area contributed by atoms with E-state index < -0.39 is 0 Å². The van der Waals surface area contributed by atoms with Gasteiger partial charge in [0, 0.05) is 18.6 Å². The molecular weight excluding hydrogens is 138 g/mol. The first kappa shape index (κ1) is 8.75. The molecule has 0 bridgehead atoms. The van der Waals surface area contributed by atoms with Gasteiger partial charge in [-0.25, -0.2) is 0 Å². The number of aliphatic hydroxyl groups excluding tert-OH is 1. The molecule has 0 aromatic carbocycles. The Morgan fingerprint density at radius 2 is 2.00 bits per heavy atom. The molecule has 0 aromatic rings. The third-order valence-corrected chi connectivity index (χ3v) is 2.68. The Bertz CT molecular complexity index is 142. The van der Waals surface area contributed by atoms with Crippen LogP contribution in [0.3, 0.4) is 0 Å². The molecule has 11 heavy (non-hydrogen) atoms. The van der Waals surface area contributed by atoms with Crippen LogP contribution in [0, 0.1) is 0 Å². The van der Waals surface area contributed by atoms with Gasteiger partial charge in [0.15, 0.2) is 0 Å². The summed E-state index contributed by atoms with van der Waals surface area (Å²) in [4.78, 5) is 2.30. The number of hydrogen-bond acceptors (Lipinski definition) is 2. The Hall–Kier alpha value is -0.340. The van der Waals surface area contributed by atoms with Gasteiger partial charge in [-0.3, -0.25) is 4.90 Å². The summed E-state index contributed by atoms with van der Waals surface area (Å²) < 4.78 is 0. The number of rotatable bonds is 3. The standard InChI is InChI=1S/C9H17NO/c1-3-9(2,8-11)10-6-4-5-7-10/h4-5,11H,3,6-8H2,1-2H3. The molecule has 1 rings (SSSR count). The maximum Gasteiger partial charge on any atom is 0.0612 e. The summed E-state index contributed by atoms with van der Waals surface area (Å²) in [5.74, 6) is 0. The molecule has 0 spiro atoms. The van der Waals surface area contributed by atoms with Crippen LogP contribution in [-0.4, -0.2) is 35.2 Å². The molecular formula is C9H17NO. The molecule has 2 heteroatoms. The third kappa shape index (κ3) is 1.63. The van der Waals surface area contributed by atoms with Crippen molar-refractivity contribution >= 4 is 0 Å². The Labute approximate surface area is 68.5 Å². The van der Waals surface area contributed by atoms with Crippen molar-refractivity contribution in [2.24, 2.45) is 0 Å². The zero-order valence-electron chi connectivity index (χ0n) is 7.38. The minimum absolute atomic E-state index is 0.0104. The van der Waals surface area contributed by atoms with Crippen LogP contribution in [0.5, 0.6) is 0 Å². The summed E-state index contributed by atoms with van der Waals surface area (Å²) in [5.41, 5.74) is -0.0104. The lowest BCUT2D eigenvalue weighted by atomic mass is 9.98. The van der Waals surface area contributed by atoms with E-state index in [1.54, 1.807) is 0 Å². The number of aliphatic hydroxyl groups is 1.